The summed E-state index contributed by atoms with van der Waals surface area (Å²) in [6.45, 7) is 4.74. The van der Waals surface area contributed by atoms with E-state index in [-0.39, 0.29) is 5.78 Å². The van der Waals surface area contributed by atoms with Gasteiger partial charge in [0.15, 0.2) is 17.3 Å². The number of nitrogens with zero attached hydrogens (tertiary/aromatic N) is 1. The maximum atomic E-state index is 11.9. The van der Waals surface area contributed by atoms with E-state index in [2.05, 4.69) is 0 Å². The predicted molar refractivity (Wildman–Crippen MR) is 78.4 cm³/mol. The van der Waals surface area contributed by atoms with E-state index in [1.54, 1.807) is 32.4 Å². The van der Waals surface area contributed by atoms with Crippen LogP contribution in [0.15, 0.2) is 18.2 Å². The van der Waals surface area contributed by atoms with Crippen LogP contribution in [0.3, 0.4) is 0 Å². The van der Waals surface area contributed by atoms with Crippen LogP contribution in [0.2, 0.25) is 0 Å². The van der Waals surface area contributed by atoms with Crippen LogP contribution in [-0.2, 0) is 0 Å². The standard InChI is InChI=1S/C13H19NO3.C2H6/c1-14(2)8-7-11(15)10-5-6-12(16-3)13(9-10)17-4;1-2/h5-6,9H,7-8H2,1-4H3;1-2H3. The van der Waals surface area contributed by atoms with E-state index in [1.807, 2.05) is 32.8 Å². The van der Waals surface area contributed by atoms with E-state index in [0.717, 1.165) is 6.54 Å². The highest BCUT2D eigenvalue weighted by atomic mass is 16.5. The molecule has 0 aliphatic heterocycles. The number of rotatable bonds is 6. The van der Waals surface area contributed by atoms with Crippen LogP contribution >= 0.6 is 0 Å². The normalized spacial score (nSPS) is 9.63. The molecule has 4 heteroatoms. The molecule has 0 spiro atoms. The van der Waals surface area contributed by atoms with Crippen LogP contribution in [-0.4, -0.2) is 45.5 Å². The van der Waals surface area contributed by atoms with E-state index in [0.29, 0.717) is 23.5 Å². The van der Waals surface area contributed by atoms with Crippen molar-refractivity contribution in [1.82, 2.24) is 4.90 Å². The fraction of sp³-hybridized carbons (Fsp3) is 0.533. The van der Waals surface area contributed by atoms with Gasteiger partial charge in [0, 0.05) is 18.5 Å². The Balaban J connectivity index is 0.00000154. The first-order chi connectivity index (χ1) is 9.08. The summed E-state index contributed by atoms with van der Waals surface area (Å²) in [6, 6.07) is 5.23. The first-order valence-corrected chi connectivity index (χ1v) is 6.48. The average Bonchev–Trinajstić information content (AvgIpc) is 2.45. The predicted octanol–water partition coefficient (Wildman–Crippen LogP) is 2.86. The molecule has 108 valence electrons. The first-order valence-electron chi connectivity index (χ1n) is 6.48. The molecular formula is C15H25NO3. The van der Waals surface area contributed by atoms with Gasteiger partial charge in [0.2, 0.25) is 0 Å². The molecule has 0 bridgehead atoms. The molecular weight excluding hydrogens is 242 g/mol. The minimum atomic E-state index is 0.111. The van der Waals surface area contributed by atoms with Crippen molar-refractivity contribution in [2.75, 3.05) is 34.9 Å². The lowest BCUT2D eigenvalue weighted by atomic mass is 10.1. The molecule has 0 N–H and O–H groups in total. The van der Waals surface area contributed by atoms with Crippen LogP contribution in [0, 0.1) is 0 Å². The van der Waals surface area contributed by atoms with Gasteiger partial charge in [-0.3, -0.25) is 4.79 Å². The number of ether oxygens (including phenoxy) is 2. The maximum absolute atomic E-state index is 11.9. The van der Waals surface area contributed by atoms with Gasteiger partial charge >= 0.3 is 0 Å². The van der Waals surface area contributed by atoms with Gasteiger partial charge in [-0.2, -0.15) is 0 Å². The summed E-state index contributed by atoms with van der Waals surface area (Å²) >= 11 is 0. The summed E-state index contributed by atoms with van der Waals surface area (Å²) in [4.78, 5) is 13.9. The highest BCUT2D eigenvalue weighted by molar-refractivity contribution is 5.96. The van der Waals surface area contributed by atoms with E-state index in [1.165, 1.54) is 0 Å². The molecule has 0 radical (unpaired) electrons. The van der Waals surface area contributed by atoms with Crippen LogP contribution in [0.25, 0.3) is 0 Å². The Labute approximate surface area is 116 Å². The largest absolute Gasteiger partial charge is 0.493 e. The lowest BCUT2D eigenvalue weighted by Crippen LogP contribution is -2.16. The topological polar surface area (TPSA) is 38.8 Å². The van der Waals surface area contributed by atoms with Crippen molar-refractivity contribution in [3.63, 3.8) is 0 Å². The summed E-state index contributed by atoms with van der Waals surface area (Å²) < 4.78 is 10.3. The van der Waals surface area contributed by atoms with E-state index in [9.17, 15) is 4.79 Å². The van der Waals surface area contributed by atoms with Gasteiger partial charge in [0.05, 0.1) is 14.2 Å². The molecule has 0 amide bonds. The third kappa shape index (κ3) is 5.75. The fourth-order valence-corrected chi connectivity index (χ4v) is 1.48. The van der Waals surface area contributed by atoms with Crippen LogP contribution < -0.4 is 9.47 Å². The Hall–Kier alpha value is -1.55. The zero-order valence-corrected chi connectivity index (χ0v) is 12.8. The van der Waals surface area contributed by atoms with Gasteiger partial charge in [0.1, 0.15) is 0 Å². The number of Topliss-reactive ketones (excluding diaryl/α,β-unsaturated/α-hetero) is 1. The average molecular weight is 267 g/mol. The maximum Gasteiger partial charge on any atom is 0.164 e. The monoisotopic (exact) mass is 267 g/mol. The summed E-state index contributed by atoms with van der Waals surface area (Å²) in [5.41, 5.74) is 0.657. The molecule has 0 heterocycles. The van der Waals surface area contributed by atoms with Gasteiger partial charge in [-0.15, -0.1) is 0 Å². The minimum absolute atomic E-state index is 0.111. The van der Waals surface area contributed by atoms with Crippen molar-refractivity contribution < 1.29 is 14.3 Å². The highest BCUT2D eigenvalue weighted by Crippen LogP contribution is 2.27. The number of methoxy groups -OCH3 is 2. The zero-order chi connectivity index (χ0) is 14.8. The second-order valence-electron chi connectivity index (χ2n) is 4.05. The number of hydrogen-bond donors (Lipinski definition) is 0. The lowest BCUT2D eigenvalue weighted by molar-refractivity contribution is 0.0972. The van der Waals surface area contributed by atoms with E-state index >= 15 is 0 Å². The summed E-state index contributed by atoms with van der Waals surface area (Å²) in [6.07, 6.45) is 0.502. The summed E-state index contributed by atoms with van der Waals surface area (Å²) in [5.74, 6) is 1.33. The van der Waals surface area contributed by atoms with Gasteiger partial charge in [0.25, 0.3) is 0 Å². The number of carbonyl (C=O) groups is 1. The van der Waals surface area contributed by atoms with E-state index < -0.39 is 0 Å². The number of ketones is 1. The Kier molecular flexibility index (Phi) is 8.62. The van der Waals surface area contributed by atoms with Crippen molar-refractivity contribution >= 4 is 5.78 Å². The molecule has 0 aromatic heterocycles. The summed E-state index contributed by atoms with van der Waals surface area (Å²) in [7, 11) is 7.03. The van der Waals surface area contributed by atoms with Gasteiger partial charge in [-0.05, 0) is 32.3 Å². The molecule has 0 saturated carbocycles. The number of carbonyl (C=O) groups excluding carboxylic acids is 1. The van der Waals surface area contributed by atoms with Crippen molar-refractivity contribution in [2.45, 2.75) is 20.3 Å². The molecule has 0 saturated heterocycles. The first kappa shape index (κ1) is 17.4. The molecule has 1 rings (SSSR count). The van der Waals surface area contributed by atoms with Gasteiger partial charge in [-0.1, -0.05) is 13.8 Å². The third-order valence-corrected chi connectivity index (χ3v) is 2.49. The van der Waals surface area contributed by atoms with Crippen molar-refractivity contribution in [3.8, 4) is 11.5 Å². The quantitative estimate of drug-likeness (QED) is 0.743. The molecule has 0 aliphatic rings. The van der Waals surface area contributed by atoms with Crippen molar-refractivity contribution in [1.29, 1.82) is 0 Å². The number of hydrogen-bond acceptors (Lipinski definition) is 4. The molecule has 0 atom stereocenters. The van der Waals surface area contributed by atoms with Gasteiger partial charge < -0.3 is 14.4 Å². The van der Waals surface area contributed by atoms with Crippen LogP contribution in [0.1, 0.15) is 30.6 Å². The SMILES string of the molecule is CC.COc1ccc(C(=O)CCN(C)C)cc1OC. The van der Waals surface area contributed by atoms with Crippen LogP contribution in [0.5, 0.6) is 11.5 Å². The smallest absolute Gasteiger partial charge is 0.164 e. The molecule has 0 aliphatic carbocycles. The van der Waals surface area contributed by atoms with E-state index in [4.69, 9.17) is 9.47 Å². The lowest BCUT2D eigenvalue weighted by Gasteiger charge is -2.10. The Morgan fingerprint density at radius 3 is 2.16 bits per heavy atom. The minimum Gasteiger partial charge on any atom is -0.493 e. The van der Waals surface area contributed by atoms with Crippen molar-refractivity contribution in [2.24, 2.45) is 0 Å². The number of benzene rings is 1. The molecule has 1 aromatic carbocycles. The third-order valence-electron chi connectivity index (χ3n) is 2.49. The highest BCUT2D eigenvalue weighted by Gasteiger charge is 2.10. The molecule has 4 nitrogen and oxygen atoms in total. The van der Waals surface area contributed by atoms with Gasteiger partial charge in [-0.25, -0.2) is 0 Å². The molecule has 0 fully saturated rings. The van der Waals surface area contributed by atoms with Crippen LogP contribution in [0.4, 0.5) is 0 Å². The summed E-state index contributed by atoms with van der Waals surface area (Å²) in [5, 5.41) is 0. The zero-order valence-electron chi connectivity index (χ0n) is 12.8. The fourth-order valence-electron chi connectivity index (χ4n) is 1.48. The second-order valence-corrected chi connectivity index (χ2v) is 4.05. The Bertz CT molecular complexity index is 389. The molecule has 1 aromatic rings. The second kappa shape index (κ2) is 9.39. The molecule has 0 unspecified atom stereocenters. The Morgan fingerprint density at radius 1 is 1.11 bits per heavy atom. The van der Waals surface area contributed by atoms with Crippen molar-refractivity contribution in [3.05, 3.63) is 23.8 Å². The Morgan fingerprint density at radius 2 is 1.68 bits per heavy atom. The molecule has 19 heavy (non-hydrogen) atoms.